The maximum absolute atomic E-state index is 5.22. The molecular weight excluding hydrogens is 685 g/mol. The zero-order chi connectivity index (χ0) is 37.8. The van der Waals surface area contributed by atoms with Crippen LogP contribution in [0.5, 0.6) is 0 Å². The standard InChI is InChI=1S/C50H36N6/c1-50(2,3)37-28-35-24-26-38-40(48-53-44(31-16-8-4-9-17-31)51-45(54-48)32-18-10-5-11-19-32)30-41(39-27-25-36(29-37)42(35)43(38)39)49-55-46(33-20-12-6-13-21-33)52-47(56-49)34-22-14-7-15-23-34/h4-30H,1-3H3. The fraction of sp³-hybridized carbons (Fsp3) is 0.0800. The average Bonchev–Trinajstić information content (AvgIpc) is 3.25. The van der Waals surface area contributed by atoms with Gasteiger partial charge in [-0.25, -0.2) is 29.9 Å². The van der Waals surface area contributed by atoms with E-state index in [9.17, 15) is 0 Å². The molecule has 10 rings (SSSR count). The van der Waals surface area contributed by atoms with E-state index >= 15 is 0 Å². The van der Waals surface area contributed by atoms with Gasteiger partial charge in [-0.1, -0.05) is 178 Å². The molecule has 0 bridgehead atoms. The number of aromatic nitrogens is 6. The summed E-state index contributed by atoms with van der Waals surface area (Å²) in [6.07, 6.45) is 0. The van der Waals surface area contributed by atoms with Crippen LogP contribution in [0.15, 0.2) is 164 Å². The van der Waals surface area contributed by atoms with Crippen molar-refractivity contribution in [1.82, 2.24) is 29.9 Å². The Balaban J connectivity index is 1.32. The van der Waals surface area contributed by atoms with Gasteiger partial charge in [0.25, 0.3) is 0 Å². The lowest BCUT2D eigenvalue weighted by atomic mass is 9.82. The SMILES string of the molecule is CC(C)(C)c1cc2ccc3c(-c4nc(-c5ccccc5)nc(-c5ccccc5)n4)cc(-c4nc(-c5ccccc5)nc(-c5ccccc5)n4)c4ccc(c1)c2c34. The summed E-state index contributed by atoms with van der Waals surface area (Å²) in [6, 6.07) is 56.2. The first kappa shape index (κ1) is 33.4. The van der Waals surface area contributed by atoms with Gasteiger partial charge in [0.15, 0.2) is 34.9 Å². The van der Waals surface area contributed by atoms with Gasteiger partial charge in [-0.05, 0) is 49.4 Å². The summed E-state index contributed by atoms with van der Waals surface area (Å²) in [7, 11) is 0. The average molecular weight is 721 g/mol. The topological polar surface area (TPSA) is 77.3 Å². The van der Waals surface area contributed by atoms with Gasteiger partial charge < -0.3 is 0 Å². The van der Waals surface area contributed by atoms with Gasteiger partial charge >= 0.3 is 0 Å². The van der Waals surface area contributed by atoms with E-state index in [0.29, 0.717) is 34.9 Å². The van der Waals surface area contributed by atoms with Gasteiger partial charge in [0, 0.05) is 33.4 Å². The largest absolute Gasteiger partial charge is 0.208 e. The predicted octanol–water partition coefficient (Wildman–Crippen LogP) is 12.3. The number of nitrogens with zero attached hydrogens (tertiary/aromatic N) is 6. The molecule has 0 unspecified atom stereocenters. The van der Waals surface area contributed by atoms with Crippen LogP contribution < -0.4 is 0 Å². The Morgan fingerprint density at radius 3 is 0.964 bits per heavy atom. The molecule has 0 amide bonds. The summed E-state index contributed by atoms with van der Waals surface area (Å²) in [5, 5.41) is 6.79. The van der Waals surface area contributed by atoms with Gasteiger partial charge in [-0.2, -0.15) is 0 Å². The van der Waals surface area contributed by atoms with Crippen LogP contribution in [-0.2, 0) is 5.41 Å². The van der Waals surface area contributed by atoms with Gasteiger partial charge in [0.2, 0.25) is 0 Å². The molecular formula is C50H36N6. The zero-order valence-electron chi connectivity index (χ0n) is 31.3. The Kier molecular flexibility index (Phi) is 7.92. The molecule has 0 aliphatic rings. The van der Waals surface area contributed by atoms with E-state index < -0.39 is 0 Å². The van der Waals surface area contributed by atoms with Crippen LogP contribution in [-0.4, -0.2) is 29.9 Å². The highest BCUT2D eigenvalue weighted by molar-refractivity contribution is 6.28. The third-order valence-electron chi connectivity index (χ3n) is 10.5. The highest BCUT2D eigenvalue weighted by atomic mass is 15.0. The quantitative estimate of drug-likeness (QED) is 0.159. The van der Waals surface area contributed by atoms with Gasteiger partial charge in [0.1, 0.15) is 0 Å². The first-order valence-corrected chi connectivity index (χ1v) is 18.9. The molecule has 0 saturated carbocycles. The number of hydrogen-bond acceptors (Lipinski definition) is 6. The highest BCUT2D eigenvalue weighted by Gasteiger charge is 2.24. The molecule has 2 heterocycles. The minimum atomic E-state index is -0.0140. The molecule has 2 aromatic heterocycles. The lowest BCUT2D eigenvalue weighted by Gasteiger charge is -2.22. The molecule has 0 aliphatic carbocycles. The Morgan fingerprint density at radius 1 is 0.321 bits per heavy atom. The van der Waals surface area contributed by atoms with Crippen molar-refractivity contribution in [2.24, 2.45) is 0 Å². The molecule has 0 aliphatic heterocycles. The highest BCUT2D eigenvalue weighted by Crippen LogP contribution is 2.45. The van der Waals surface area contributed by atoms with Crippen LogP contribution in [0.1, 0.15) is 26.3 Å². The maximum atomic E-state index is 5.22. The number of hydrogen-bond donors (Lipinski definition) is 0. The van der Waals surface area contributed by atoms with Crippen molar-refractivity contribution < 1.29 is 0 Å². The van der Waals surface area contributed by atoms with Crippen LogP contribution in [0.25, 0.3) is 101 Å². The summed E-state index contributed by atoms with van der Waals surface area (Å²) in [5.74, 6) is 3.58. The Morgan fingerprint density at radius 2 is 0.643 bits per heavy atom. The molecule has 8 aromatic carbocycles. The Hall–Kier alpha value is -7.18. The predicted molar refractivity (Wildman–Crippen MR) is 228 cm³/mol. The summed E-state index contributed by atoms with van der Waals surface area (Å²) >= 11 is 0. The van der Waals surface area contributed by atoms with E-state index in [2.05, 4.69) is 63.2 Å². The van der Waals surface area contributed by atoms with Crippen LogP contribution in [0.2, 0.25) is 0 Å². The molecule has 0 atom stereocenters. The smallest absolute Gasteiger partial charge is 0.164 e. The molecule has 6 heteroatoms. The molecule has 10 aromatic rings. The van der Waals surface area contributed by atoms with E-state index in [1.807, 2.05) is 121 Å². The summed E-state index contributed by atoms with van der Waals surface area (Å²) in [6.45, 7) is 6.79. The number of rotatable bonds is 6. The second kappa shape index (κ2) is 13.3. The molecule has 6 nitrogen and oxygen atoms in total. The third kappa shape index (κ3) is 5.92. The lowest BCUT2D eigenvalue weighted by Crippen LogP contribution is -2.10. The molecule has 266 valence electrons. The summed E-state index contributed by atoms with van der Waals surface area (Å²) < 4.78 is 0. The molecule has 0 spiro atoms. The van der Waals surface area contributed by atoms with Crippen molar-refractivity contribution in [3.8, 4) is 68.3 Å². The zero-order valence-corrected chi connectivity index (χ0v) is 31.3. The molecule has 56 heavy (non-hydrogen) atoms. The van der Waals surface area contributed by atoms with E-state index in [4.69, 9.17) is 29.9 Å². The van der Waals surface area contributed by atoms with Crippen molar-refractivity contribution in [2.75, 3.05) is 0 Å². The minimum Gasteiger partial charge on any atom is -0.208 e. The van der Waals surface area contributed by atoms with Crippen molar-refractivity contribution in [2.45, 2.75) is 26.2 Å². The van der Waals surface area contributed by atoms with Crippen molar-refractivity contribution in [1.29, 1.82) is 0 Å². The van der Waals surface area contributed by atoms with Crippen LogP contribution in [0.4, 0.5) is 0 Å². The fourth-order valence-corrected chi connectivity index (χ4v) is 7.58. The summed E-state index contributed by atoms with van der Waals surface area (Å²) in [5.41, 5.74) is 6.69. The first-order valence-electron chi connectivity index (χ1n) is 18.9. The van der Waals surface area contributed by atoms with E-state index in [0.717, 1.165) is 49.5 Å². The van der Waals surface area contributed by atoms with Crippen LogP contribution >= 0.6 is 0 Å². The fourth-order valence-electron chi connectivity index (χ4n) is 7.58. The minimum absolute atomic E-state index is 0.0140. The monoisotopic (exact) mass is 720 g/mol. The van der Waals surface area contributed by atoms with Crippen molar-refractivity contribution in [3.63, 3.8) is 0 Å². The van der Waals surface area contributed by atoms with Gasteiger partial charge in [-0.3, -0.25) is 0 Å². The second-order valence-electron chi connectivity index (χ2n) is 15.2. The lowest BCUT2D eigenvalue weighted by molar-refractivity contribution is 0.591. The van der Waals surface area contributed by atoms with Crippen LogP contribution in [0, 0.1) is 0 Å². The Labute approximate surface area is 325 Å². The third-order valence-corrected chi connectivity index (χ3v) is 10.5. The normalized spacial score (nSPS) is 11.8. The van der Waals surface area contributed by atoms with E-state index in [1.54, 1.807) is 0 Å². The van der Waals surface area contributed by atoms with E-state index in [-0.39, 0.29) is 5.41 Å². The summed E-state index contributed by atoms with van der Waals surface area (Å²) in [4.78, 5) is 30.9. The van der Waals surface area contributed by atoms with Gasteiger partial charge in [-0.15, -0.1) is 0 Å². The Bertz CT molecular complexity index is 2720. The molecule has 0 N–H and O–H groups in total. The second-order valence-corrected chi connectivity index (χ2v) is 15.2. The van der Waals surface area contributed by atoms with Crippen molar-refractivity contribution >= 4 is 32.3 Å². The maximum Gasteiger partial charge on any atom is 0.164 e. The molecule has 0 radical (unpaired) electrons. The van der Waals surface area contributed by atoms with Gasteiger partial charge in [0.05, 0.1) is 0 Å². The number of benzene rings is 8. The van der Waals surface area contributed by atoms with Crippen LogP contribution in [0.3, 0.4) is 0 Å². The molecule has 0 fully saturated rings. The molecule has 0 saturated heterocycles. The van der Waals surface area contributed by atoms with E-state index in [1.165, 1.54) is 21.7 Å². The van der Waals surface area contributed by atoms with Crippen molar-refractivity contribution in [3.05, 3.63) is 169 Å². The first-order chi connectivity index (χ1) is 27.4.